The highest BCUT2D eigenvalue weighted by Crippen LogP contribution is 2.25. The molecule has 0 radical (unpaired) electrons. The van der Waals surface area contributed by atoms with Gasteiger partial charge in [-0.15, -0.1) is 0 Å². The molecule has 0 aliphatic rings. The SMILES string of the molecule is CCC(C)=C(C)OC=C(C)c1cccc(NC(=O)c2ccc(S(C)(=O)=O)cc2OC)c1. The van der Waals surface area contributed by atoms with Crippen LogP contribution in [-0.4, -0.2) is 27.7 Å². The summed E-state index contributed by atoms with van der Waals surface area (Å²) in [4.78, 5) is 12.9. The summed E-state index contributed by atoms with van der Waals surface area (Å²) in [6, 6.07) is 11.6. The van der Waals surface area contributed by atoms with E-state index in [0.717, 1.165) is 29.6 Å². The van der Waals surface area contributed by atoms with Crippen LogP contribution in [0, 0.1) is 0 Å². The number of anilines is 1. The first-order valence-electron chi connectivity index (χ1n) is 9.86. The predicted molar refractivity (Wildman–Crippen MR) is 124 cm³/mol. The van der Waals surface area contributed by atoms with E-state index in [1.54, 1.807) is 12.3 Å². The molecule has 2 aromatic carbocycles. The van der Waals surface area contributed by atoms with Crippen LogP contribution >= 0.6 is 0 Å². The molecule has 2 aromatic rings. The van der Waals surface area contributed by atoms with Crippen molar-refractivity contribution in [1.29, 1.82) is 0 Å². The predicted octanol–water partition coefficient (Wildman–Crippen LogP) is 5.43. The molecule has 1 N–H and O–H groups in total. The highest BCUT2D eigenvalue weighted by atomic mass is 32.2. The lowest BCUT2D eigenvalue weighted by Crippen LogP contribution is -2.14. The Labute approximate surface area is 184 Å². The van der Waals surface area contributed by atoms with Gasteiger partial charge in [-0.25, -0.2) is 8.42 Å². The molecule has 2 rings (SSSR count). The molecule has 0 saturated carbocycles. The number of ether oxygens (including phenoxy) is 2. The largest absolute Gasteiger partial charge is 0.496 e. The van der Waals surface area contributed by atoms with Crippen LogP contribution in [0.15, 0.2) is 65.0 Å². The summed E-state index contributed by atoms with van der Waals surface area (Å²) in [5.41, 5.74) is 3.84. The molecule has 0 aromatic heterocycles. The molecule has 7 heteroatoms. The van der Waals surface area contributed by atoms with E-state index in [0.29, 0.717) is 5.69 Å². The van der Waals surface area contributed by atoms with Gasteiger partial charge in [-0.2, -0.15) is 0 Å². The van der Waals surface area contributed by atoms with Crippen LogP contribution in [0.4, 0.5) is 5.69 Å². The normalized spacial score (nSPS) is 12.8. The number of benzene rings is 2. The minimum atomic E-state index is -3.40. The number of rotatable bonds is 8. The summed E-state index contributed by atoms with van der Waals surface area (Å²) in [5.74, 6) is 0.662. The number of methoxy groups -OCH3 is 1. The van der Waals surface area contributed by atoms with E-state index in [4.69, 9.17) is 9.47 Å². The average molecular weight is 444 g/mol. The van der Waals surface area contributed by atoms with Gasteiger partial charge in [0, 0.05) is 11.9 Å². The summed E-state index contributed by atoms with van der Waals surface area (Å²) in [6.07, 6.45) is 3.73. The van der Waals surface area contributed by atoms with Gasteiger partial charge in [-0.1, -0.05) is 19.1 Å². The molecule has 6 nitrogen and oxygen atoms in total. The Bertz CT molecular complexity index is 1130. The monoisotopic (exact) mass is 443 g/mol. The molecule has 31 heavy (non-hydrogen) atoms. The Balaban J connectivity index is 2.24. The standard InChI is InChI=1S/C24H29NO5S/c1-7-16(2)18(4)30-15-17(3)19-9-8-10-20(13-19)25-24(26)22-12-11-21(31(6,27)28)14-23(22)29-5/h8-15H,7H2,1-6H3,(H,25,26). The topological polar surface area (TPSA) is 81.7 Å². The van der Waals surface area contributed by atoms with Gasteiger partial charge in [0.2, 0.25) is 0 Å². The number of carbonyl (C=O) groups is 1. The Hall–Kier alpha value is -3.06. The van der Waals surface area contributed by atoms with Crippen molar-refractivity contribution in [2.75, 3.05) is 18.7 Å². The number of carbonyl (C=O) groups excluding carboxylic acids is 1. The van der Waals surface area contributed by atoms with Gasteiger partial charge >= 0.3 is 0 Å². The number of hydrogen-bond acceptors (Lipinski definition) is 5. The Morgan fingerprint density at radius 3 is 2.42 bits per heavy atom. The van der Waals surface area contributed by atoms with Crippen LogP contribution in [0.1, 0.15) is 50.0 Å². The second-order valence-electron chi connectivity index (χ2n) is 7.28. The van der Waals surface area contributed by atoms with Gasteiger partial charge in [0.1, 0.15) is 5.75 Å². The third-order valence-corrected chi connectivity index (χ3v) is 6.08. The third-order valence-electron chi connectivity index (χ3n) is 4.97. The Morgan fingerprint density at radius 1 is 1.10 bits per heavy atom. The third kappa shape index (κ3) is 6.46. The maximum atomic E-state index is 12.8. The first-order valence-corrected chi connectivity index (χ1v) is 11.8. The van der Waals surface area contributed by atoms with Crippen molar-refractivity contribution in [3.05, 3.63) is 71.2 Å². The zero-order chi connectivity index (χ0) is 23.2. The van der Waals surface area contributed by atoms with Crippen LogP contribution in [0.2, 0.25) is 0 Å². The fourth-order valence-electron chi connectivity index (χ4n) is 2.72. The van der Waals surface area contributed by atoms with Crippen LogP contribution in [0.5, 0.6) is 5.75 Å². The van der Waals surface area contributed by atoms with Crippen molar-refractivity contribution in [1.82, 2.24) is 0 Å². The molecule has 0 bridgehead atoms. The van der Waals surface area contributed by atoms with E-state index in [1.165, 1.54) is 30.9 Å². The van der Waals surface area contributed by atoms with Crippen molar-refractivity contribution in [3.8, 4) is 5.75 Å². The van der Waals surface area contributed by atoms with Crippen LogP contribution in [0.25, 0.3) is 5.57 Å². The first-order chi connectivity index (χ1) is 14.6. The maximum Gasteiger partial charge on any atom is 0.259 e. The smallest absolute Gasteiger partial charge is 0.259 e. The first kappa shape index (κ1) is 24.2. The average Bonchev–Trinajstić information content (AvgIpc) is 2.75. The van der Waals surface area contributed by atoms with E-state index >= 15 is 0 Å². The number of hydrogen-bond donors (Lipinski definition) is 1. The van der Waals surface area contributed by atoms with E-state index in [1.807, 2.05) is 39.0 Å². The molecule has 0 atom stereocenters. The number of sulfone groups is 1. The quantitative estimate of drug-likeness (QED) is 0.550. The molecule has 1 amide bonds. The summed E-state index contributed by atoms with van der Waals surface area (Å²) < 4.78 is 34.5. The van der Waals surface area contributed by atoms with Crippen molar-refractivity contribution in [2.24, 2.45) is 0 Å². The lowest BCUT2D eigenvalue weighted by atomic mass is 10.1. The molecule has 0 saturated heterocycles. The molecule has 0 fully saturated rings. The van der Waals surface area contributed by atoms with Crippen molar-refractivity contribution in [2.45, 2.75) is 39.0 Å². The fraction of sp³-hybridized carbons (Fsp3) is 0.292. The molecule has 0 spiro atoms. The number of amides is 1. The van der Waals surface area contributed by atoms with E-state index < -0.39 is 15.7 Å². The van der Waals surface area contributed by atoms with Crippen molar-refractivity contribution in [3.63, 3.8) is 0 Å². The van der Waals surface area contributed by atoms with Crippen molar-refractivity contribution < 1.29 is 22.7 Å². The second-order valence-corrected chi connectivity index (χ2v) is 9.29. The lowest BCUT2D eigenvalue weighted by molar-refractivity contribution is 0.102. The van der Waals surface area contributed by atoms with E-state index in [2.05, 4.69) is 12.2 Å². The van der Waals surface area contributed by atoms with E-state index in [-0.39, 0.29) is 16.2 Å². The molecule has 0 unspecified atom stereocenters. The molecule has 0 aliphatic heterocycles. The lowest BCUT2D eigenvalue weighted by Gasteiger charge is -2.12. The molecule has 0 heterocycles. The molecular weight excluding hydrogens is 414 g/mol. The molecule has 166 valence electrons. The van der Waals surface area contributed by atoms with Crippen molar-refractivity contribution >= 4 is 27.0 Å². The van der Waals surface area contributed by atoms with Gasteiger partial charge in [-0.3, -0.25) is 4.79 Å². The Morgan fingerprint density at radius 2 is 1.81 bits per heavy atom. The highest BCUT2D eigenvalue weighted by Gasteiger charge is 2.17. The summed E-state index contributed by atoms with van der Waals surface area (Å²) in [5, 5.41) is 2.83. The van der Waals surface area contributed by atoms with Gasteiger partial charge in [0.05, 0.1) is 29.6 Å². The Kier molecular flexibility index (Phi) is 8.05. The van der Waals surface area contributed by atoms with Gasteiger partial charge in [0.15, 0.2) is 9.84 Å². The number of nitrogens with one attached hydrogen (secondary N) is 1. The number of allylic oxidation sites excluding steroid dienone is 3. The fourth-order valence-corrected chi connectivity index (χ4v) is 3.36. The van der Waals surface area contributed by atoms with Gasteiger partial charge < -0.3 is 14.8 Å². The zero-order valence-corrected chi connectivity index (χ0v) is 19.6. The van der Waals surface area contributed by atoms with Crippen LogP contribution < -0.4 is 10.1 Å². The summed E-state index contributed by atoms with van der Waals surface area (Å²) >= 11 is 0. The minimum Gasteiger partial charge on any atom is -0.496 e. The second kappa shape index (κ2) is 10.3. The minimum absolute atomic E-state index is 0.0892. The zero-order valence-electron chi connectivity index (χ0n) is 18.8. The molecular formula is C24H29NO5S. The maximum absolute atomic E-state index is 12.8. The van der Waals surface area contributed by atoms with Crippen LogP contribution in [0.3, 0.4) is 0 Å². The highest BCUT2D eigenvalue weighted by molar-refractivity contribution is 7.90. The molecule has 0 aliphatic carbocycles. The van der Waals surface area contributed by atoms with Gasteiger partial charge in [-0.05, 0) is 74.2 Å². The van der Waals surface area contributed by atoms with E-state index in [9.17, 15) is 13.2 Å². The summed E-state index contributed by atoms with van der Waals surface area (Å²) in [7, 11) is -2.01. The summed E-state index contributed by atoms with van der Waals surface area (Å²) in [6.45, 7) is 7.98. The van der Waals surface area contributed by atoms with Gasteiger partial charge in [0.25, 0.3) is 5.91 Å². The van der Waals surface area contributed by atoms with Crippen LogP contribution in [-0.2, 0) is 14.6 Å².